The number of carbonyl (C=O) groups excluding carboxylic acids is 1. The van der Waals surface area contributed by atoms with Gasteiger partial charge in [-0.15, -0.1) is 0 Å². The molecule has 0 spiro atoms. The molecule has 0 saturated carbocycles. The Morgan fingerprint density at radius 1 is 1.33 bits per heavy atom. The first-order chi connectivity index (χ1) is 9.84. The van der Waals surface area contributed by atoms with E-state index in [4.69, 9.17) is 10.8 Å². The van der Waals surface area contributed by atoms with Crippen LogP contribution in [0.3, 0.4) is 0 Å². The van der Waals surface area contributed by atoms with Gasteiger partial charge in [-0.25, -0.2) is 0 Å². The van der Waals surface area contributed by atoms with Crippen molar-refractivity contribution >= 4 is 5.91 Å². The lowest BCUT2D eigenvalue weighted by Crippen LogP contribution is -2.45. The van der Waals surface area contributed by atoms with Crippen LogP contribution in [0.1, 0.15) is 32.3 Å². The van der Waals surface area contributed by atoms with Crippen molar-refractivity contribution < 1.29 is 15.0 Å². The Bertz CT molecular complexity index is 443. The van der Waals surface area contributed by atoms with E-state index in [0.717, 1.165) is 18.4 Å². The van der Waals surface area contributed by atoms with Gasteiger partial charge in [-0.05, 0) is 42.4 Å². The Labute approximate surface area is 126 Å². The Hall–Kier alpha value is -1.59. The summed E-state index contributed by atoms with van der Waals surface area (Å²) in [4.78, 5) is 12.0. The fourth-order valence-electron chi connectivity index (χ4n) is 2.08. The number of hydrogen-bond acceptors (Lipinski definition) is 4. The number of aromatic hydroxyl groups is 1. The maximum Gasteiger partial charge on any atom is 0.237 e. The van der Waals surface area contributed by atoms with Crippen LogP contribution >= 0.6 is 0 Å². The first-order valence-electron chi connectivity index (χ1n) is 7.26. The Morgan fingerprint density at radius 3 is 2.52 bits per heavy atom. The number of aliphatic hydroxyl groups is 1. The minimum absolute atomic E-state index is 0.0589. The van der Waals surface area contributed by atoms with Crippen molar-refractivity contribution in [3.05, 3.63) is 29.8 Å². The number of nitrogens with two attached hydrogens (primary N) is 1. The third-order valence-corrected chi connectivity index (χ3v) is 3.48. The molecule has 0 aromatic heterocycles. The van der Waals surface area contributed by atoms with Crippen LogP contribution in [-0.4, -0.2) is 35.3 Å². The molecule has 0 aliphatic heterocycles. The number of amides is 1. The molecule has 0 aliphatic carbocycles. The number of hydrogen-bond donors (Lipinski definition) is 4. The third-order valence-electron chi connectivity index (χ3n) is 3.48. The quantitative estimate of drug-likeness (QED) is 0.579. The minimum atomic E-state index is -0.608. The van der Waals surface area contributed by atoms with Crippen molar-refractivity contribution in [2.75, 3.05) is 13.2 Å². The summed E-state index contributed by atoms with van der Waals surface area (Å²) in [6.07, 6.45) is 2.00. The zero-order chi connectivity index (χ0) is 15.9. The van der Waals surface area contributed by atoms with Crippen molar-refractivity contribution in [2.24, 2.45) is 11.1 Å². The van der Waals surface area contributed by atoms with Crippen LogP contribution in [0.25, 0.3) is 0 Å². The fourth-order valence-corrected chi connectivity index (χ4v) is 2.08. The second-order valence-corrected chi connectivity index (χ2v) is 6.19. The first-order valence-corrected chi connectivity index (χ1v) is 7.26. The third kappa shape index (κ3) is 6.60. The van der Waals surface area contributed by atoms with Gasteiger partial charge in [0.1, 0.15) is 5.75 Å². The molecule has 5 nitrogen and oxygen atoms in total. The number of benzene rings is 1. The smallest absolute Gasteiger partial charge is 0.237 e. The van der Waals surface area contributed by atoms with Crippen LogP contribution in [0.15, 0.2) is 24.3 Å². The average molecular weight is 294 g/mol. The van der Waals surface area contributed by atoms with Crippen LogP contribution in [-0.2, 0) is 11.2 Å². The monoisotopic (exact) mass is 294 g/mol. The lowest BCUT2D eigenvalue weighted by atomic mass is 9.88. The molecule has 1 atom stereocenters. The van der Waals surface area contributed by atoms with Crippen molar-refractivity contribution in [2.45, 2.75) is 39.2 Å². The molecule has 0 aliphatic rings. The fraction of sp³-hybridized carbons (Fsp3) is 0.562. The molecule has 1 rings (SSSR count). The molecule has 5 N–H and O–H groups in total. The first kappa shape index (κ1) is 17.5. The summed E-state index contributed by atoms with van der Waals surface area (Å²) in [6, 6.07) is 6.07. The van der Waals surface area contributed by atoms with E-state index in [1.54, 1.807) is 24.3 Å². The number of rotatable bonds is 8. The van der Waals surface area contributed by atoms with Gasteiger partial charge in [-0.1, -0.05) is 26.0 Å². The number of phenols is 1. The van der Waals surface area contributed by atoms with Gasteiger partial charge in [0.15, 0.2) is 0 Å². The summed E-state index contributed by atoms with van der Waals surface area (Å²) in [6.45, 7) is 4.80. The molecule has 1 aromatic carbocycles. The average Bonchev–Trinajstić information content (AvgIpc) is 2.45. The molecule has 118 valence electrons. The summed E-state index contributed by atoms with van der Waals surface area (Å²) < 4.78 is 0. The highest BCUT2D eigenvalue weighted by atomic mass is 16.3. The second-order valence-electron chi connectivity index (χ2n) is 6.19. The molecule has 0 saturated heterocycles. The maximum atomic E-state index is 12.0. The topological polar surface area (TPSA) is 95.6 Å². The van der Waals surface area contributed by atoms with E-state index in [9.17, 15) is 9.90 Å². The largest absolute Gasteiger partial charge is 0.508 e. The van der Waals surface area contributed by atoms with E-state index in [1.165, 1.54) is 0 Å². The maximum absolute atomic E-state index is 12.0. The number of phenolic OH excluding ortho intramolecular Hbond substituents is 1. The minimum Gasteiger partial charge on any atom is -0.508 e. The predicted octanol–water partition coefficient (Wildman–Crippen LogP) is 1.18. The molecule has 21 heavy (non-hydrogen) atoms. The van der Waals surface area contributed by atoms with Gasteiger partial charge in [0.05, 0.1) is 6.04 Å². The Balaban J connectivity index is 2.42. The lowest BCUT2D eigenvalue weighted by molar-refractivity contribution is -0.122. The highest BCUT2D eigenvalue weighted by molar-refractivity contribution is 5.81. The summed E-state index contributed by atoms with van der Waals surface area (Å²) in [5.74, 6) is 0.0163. The van der Waals surface area contributed by atoms with Gasteiger partial charge in [0.25, 0.3) is 0 Å². The van der Waals surface area contributed by atoms with Crippen molar-refractivity contribution in [1.82, 2.24) is 5.32 Å². The van der Waals surface area contributed by atoms with Gasteiger partial charge in [0, 0.05) is 13.2 Å². The van der Waals surface area contributed by atoms with E-state index in [1.807, 2.05) is 0 Å². The van der Waals surface area contributed by atoms with Crippen LogP contribution < -0.4 is 11.1 Å². The predicted molar refractivity (Wildman–Crippen MR) is 82.9 cm³/mol. The molecule has 5 heteroatoms. The van der Waals surface area contributed by atoms with E-state index in [-0.39, 0.29) is 23.7 Å². The molecule has 0 radical (unpaired) electrons. The number of nitrogens with one attached hydrogen (secondary N) is 1. The zero-order valence-electron chi connectivity index (χ0n) is 12.8. The molecular formula is C16H26N2O3. The van der Waals surface area contributed by atoms with E-state index >= 15 is 0 Å². The van der Waals surface area contributed by atoms with Crippen LogP contribution in [0.4, 0.5) is 0 Å². The molecule has 1 amide bonds. The van der Waals surface area contributed by atoms with Crippen molar-refractivity contribution in [1.29, 1.82) is 0 Å². The summed E-state index contributed by atoms with van der Waals surface area (Å²) >= 11 is 0. The van der Waals surface area contributed by atoms with E-state index in [2.05, 4.69) is 19.2 Å². The Morgan fingerprint density at radius 2 is 1.95 bits per heavy atom. The summed E-state index contributed by atoms with van der Waals surface area (Å²) in [7, 11) is 0. The standard InChI is InChI=1S/C16H26N2O3/c1-16(2,8-3-9-19)11-18-15(21)14(17)10-12-4-6-13(20)7-5-12/h4-7,14,19-20H,3,8-11,17H2,1-2H3,(H,18,21). The zero-order valence-corrected chi connectivity index (χ0v) is 12.8. The SMILES string of the molecule is CC(C)(CCCO)CNC(=O)C(N)Cc1ccc(O)cc1. The van der Waals surface area contributed by atoms with Crippen LogP contribution in [0, 0.1) is 5.41 Å². The van der Waals surface area contributed by atoms with Gasteiger partial charge in [0.2, 0.25) is 5.91 Å². The molecular weight excluding hydrogens is 268 g/mol. The van der Waals surface area contributed by atoms with E-state index < -0.39 is 6.04 Å². The number of aliphatic hydroxyl groups excluding tert-OH is 1. The van der Waals surface area contributed by atoms with Crippen LogP contribution in [0.2, 0.25) is 0 Å². The molecule has 0 fully saturated rings. The molecule has 0 bridgehead atoms. The number of carbonyl (C=O) groups is 1. The van der Waals surface area contributed by atoms with Crippen molar-refractivity contribution in [3.63, 3.8) is 0 Å². The van der Waals surface area contributed by atoms with Crippen molar-refractivity contribution in [3.8, 4) is 5.75 Å². The highest BCUT2D eigenvalue weighted by Crippen LogP contribution is 2.20. The highest BCUT2D eigenvalue weighted by Gasteiger charge is 2.20. The Kier molecular flexibility index (Phi) is 6.65. The van der Waals surface area contributed by atoms with E-state index in [0.29, 0.717) is 13.0 Å². The normalized spacial score (nSPS) is 13.0. The molecule has 1 aromatic rings. The van der Waals surface area contributed by atoms with Crippen LogP contribution in [0.5, 0.6) is 5.75 Å². The summed E-state index contributed by atoms with van der Waals surface area (Å²) in [5, 5.41) is 20.9. The summed E-state index contributed by atoms with van der Waals surface area (Å²) in [5.41, 5.74) is 6.76. The van der Waals surface area contributed by atoms with Gasteiger partial charge >= 0.3 is 0 Å². The van der Waals surface area contributed by atoms with Gasteiger partial charge in [-0.2, -0.15) is 0 Å². The molecule has 0 heterocycles. The lowest BCUT2D eigenvalue weighted by Gasteiger charge is -2.25. The van der Waals surface area contributed by atoms with Gasteiger partial charge in [-0.3, -0.25) is 4.79 Å². The van der Waals surface area contributed by atoms with Gasteiger partial charge < -0.3 is 21.3 Å². The second kappa shape index (κ2) is 8.00. The molecule has 1 unspecified atom stereocenters.